The van der Waals surface area contributed by atoms with Gasteiger partial charge < -0.3 is 19.9 Å². The number of hydrogen-bond acceptors (Lipinski definition) is 4. The smallest absolute Gasteiger partial charge is 0.165 e. The quantitative estimate of drug-likeness (QED) is 0.944. The number of halogens is 1. The summed E-state index contributed by atoms with van der Waals surface area (Å²) in [4.78, 5) is 0. The lowest BCUT2D eigenvalue weighted by Gasteiger charge is -2.21. The fourth-order valence-corrected chi connectivity index (χ4v) is 2.32. The molecular weight excluding hydrogens is 273 g/mol. The van der Waals surface area contributed by atoms with Crippen molar-refractivity contribution in [3.05, 3.63) is 53.3 Å². The van der Waals surface area contributed by atoms with Gasteiger partial charge in [-0.25, -0.2) is 4.39 Å². The van der Waals surface area contributed by atoms with Gasteiger partial charge in [0.25, 0.3) is 0 Å². The summed E-state index contributed by atoms with van der Waals surface area (Å²) in [6.45, 7) is 1.06. The first kappa shape index (κ1) is 13.7. The molecule has 0 aliphatic carbocycles. The number of nitrogens with two attached hydrogens (primary N) is 1. The molecule has 5 heteroatoms. The minimum absolute atomic E-state index is 0.202. The lowest BCUT2D eigenvalue weighted by Crippen LogP contribution is -2.17. The third-order valence-corrected chi connectivity index (χ3v) is 3.46. The molecule has 2 N–H and O–H groups in total. The maximum Gasteiger partial charge on any atom is 0.165 e. The van der Waals surface area contributed by atoms with E-state index in [4.69, 9.17) is 19.9 Å². The third kappa shape index (κ3) is 2.64. The lowest BCUT2D eigenvalue weighted by molar-refractivity contribution is 0.171. The molecule has 2 aromatic carbocycles. The summed E-state index contributed by atoms with van der Waals surface area (Å²) >= 11 is 0. The minimum Gasteiger partial charge on any atom is -0.494 e. The average molecular weight is 289 g/mol. The van der Waals surface area contributed by atoms with Gasteiger partial charge in [0.2, 0.25) is 0 Å². The molecule has 4 nitrogen and oxygen atoms in total. The molecule has 1 heterocycles. The molecule has 1 aliphatic rings. The van der Waals surface area contributed by atoms with Crippen LogP contribution in [0.5, 0.6) is 17.2 Å². The second-order valence-electron chi connectivity index (χ2n) is 4.77. The monoisotopic (exact) mass is 289 g/mol. The first-order chi connectivity index (χ1) is 10.2. The number of fused-ring (bicyclic) bond motifs is 1. The van der Waals surface area contributed by atoms with Crippen LogP contribution in [-0.2, 0) is 0 Å². The summed E-state index contributed by atoms with van der Waals surface area (Å²) in [5.74, 6) is 1.15. The molecule has 0 radical (unpaired) electrons. The first-order valence-electron chi connectivity index (χ1n) is 6.67. The van der Waals surface area contributed by atoms with E-state index < -0.39 is 11.9 Å². The van der Waals surface area contributed by atoms with Crippen molar-refractivity contribution in [1.29, 1.82) is 0 Å². The summed E-state index contributed by atoms with van der Waals surface area (Å²) in [5.41, 5.74) is 7.71. The largest absolute Gasteiger partial charge is 0.494 e. The molecule has 0 amide bonds. The van der Waals surface area contributed by atoms with E-state index in [0.717, 1.165) is 5.56 Å². The van der Waals surface area contributed by atoms with E-state index in [0.29, 0.717) is 30.3 Å². The molecule has 0 aromatic heterocycles. The Morgan fingerprint density at radius 3 is 2.43 bits per heavy atom. The molecule has 0 bridgehead atoms. The van der Waals surface area contributed by atoms with Crippen LogP contribution < -0.4 is 19.9 Å². The SMILES string of the molecule is COc1ccc(C(N)c2ccc3c(c2)OCCO3)cc1F. The van der Waals surface area contributed by atoms with Gasteiger partial charge in [-0.15, -0.1) is 0 Å². The predicted molar refractivity (Wildman–Crippen MR) is 76.4 cm³/mol. The van der Waals surface area contributed by atoms with Gasteiger partial charge in [-0.3, -0.25) is 0 Å². The van der Waals surface area contributed by atoms with Gasteiger partial charge in [-0.2, -0.15) is 0 Å². The number of ether oxygens (including phenoxy) is 3. The maximum absolute atomic E-state index is 13.8. The van der Waals surface area contributed by atoms with Gasteiger partial charge >= 0.3 is 0 Å². The molecule has 1 aliphatic heterocycles. The summed E-state index contributed by atoms with van der Waals surface area (Å²) < 4.78 is 29.7. The average Bonchev–Trinajstić information content (AvgIpc) is 2.53. The summed E-state index contributed by atoms with van der Waals surface area (Å²) in [6.07, 6.45) is 0. The fourth-order valence-electron chi connectivity index (χ4n) is 2.32. The van der Waals surface area contributed by atoms with Crippen LogP contribution in [0.2, 0.25) is 0 Å². The van der Waals surface area contributed by atoms with E-state index in [1.165, 1.54) is 13.2 Å². The van der Waals surface area contributed by atoms with Gasteiger partial charge in [0.05, 0.1) is 13.2 Å². The third-order valence-electron chi connectivity index (χ3n) is 3.46. The van der Waals surface area contributed by atoms with Crippen LogP contribution in [0.1, 0.15) is 17.2 Å². The van der Waals surface area contributed by atoms with Gasteiger partial charge in [0.15, 0.2) is 23.1 Å². The van der Waals surface area contributed by atoms with Crippen LogP contribution >= 0.6 is 0 Å². The molecule has 1 unspecified atom stereocenters. The molecule has 21 heavy (non-hydrogen) atoms. The molecule has 1 atom stereocenters. The number of benzene rings is 2. The van der Waals surface area contributed by atoms with Crippen molar-refractivity contribution in [2.24, 2.45) is 5.73 Å². The summed E-state index contributed by atoms with van der Waals surface area (Å²) in [5, 5.41) is 0. The van der Waals surface area contributed by atoms with Gasteiger partial charge in [-0.1, -0.05) is 12.1 Å². The Balaban J connectivity index is 1.91. The van der Waals surface area contributed by atoms with Crippen molar-refractivity contribution in [2.75, 3.05) is 20.3 Å². The second kappa shape index (κ2) is 5.61. The van der Waals surface area contributed by atoms with E-state index in [9.17, 15) is 4.39 Å². The fraction of sp³-hybridized carbons (Fsp3) is 0.250. The van der Waals surface area contributed by atoms with Crippen LogP contribution in [0, 0.1) is 5.82 Å². The van der Waals surface area contributed by atoms with E-state index in [-0.39, 0.29) is 5.75 Å². The highest BCUT2D eigenvalue weighted by Crippen LogP contribution is 2.34. The Kier molecular flexibility index (Phi) is 3.66. The summed E-state index contributed by atoms with van der Waals surface area (Å²) in [6, 6.07) is 9.79. The lowest BCUT2D eigenvalue weighted by atomic mass is 9.99. The molecule has 3 rings (SSSR count). The maximum atomic E-state index is 13.8. The highest BCUT2D eigenvalue weighted by atomic mass is 19.1. The Bertz CT molecular complexity index is 660. The molecule has 0 saturated carbocycles. The zero-order valence-corrected chi connectivity index (χ0v) is 11.6. The highest BCUT2D eigenvalue weighted by molar-refractivity contribution is 5.47. The first-order valence-corrected chi connectivity index (χ1v) is 6.67. The van der Waals surface area contributed by atoms with Crippen molar-refractivity contribution in [2.45, 2.75) is 6.04 Å². The van der Waals surface area contributed by atoms with Gasteiger partial charge in [0, 0.05) is 0 Å². The van der Waals surface area contributed by atoms with Crippen molar-refractivity contribution < 1.29 is 18.6 Å². The molecule has 0 saturated heterocycles. The summed E-state index contributed by atoms with van der Waals surface area (Å²) in [7, 11) is 1.43. The van der Waals surface area contributed by atoms with Gasteiger partial charge in [0.1, 0.15) is 13.2 Å². The van der Waals surface area contributed by atoms with E-state index in [1.54, 1.807) is 12.1 Å². The van der Waals surface area contributed by atoms with Crippen LogP contribution in [0.3, 0.4) is 0 Å². The highest BCUT2D eigenvalue weighted by Gasteiger charge is 2.17. The van der Waals surface area contributed by atoms with Crippen molar-refractivity contribution in [1.82, 2.24) is 0 Å². The minimum atomic E-state index is -0.443. The Morgan fingerprint density at radius 2 is 1.71 bits per heavy atom. The molecule has 2 aromatic rings. The van der Waals surface area contributed by atoms with Crippen molar-refractivity contribution >= 4 is 0 Å². The van der Waals surface area contributed by atoms with Crippen LogP contribution in [0.25, 0.3) is 0 Å². The topological polar surface area (TPSA) is 53.7 Å². The molecular formula is C16H16FNO3. The van der Waals surface area contributed by atoms with E-state index in [1.807, 2.05) is 18.2 Å². The van der Waals surface area contributed by atoms with Crippen LogP contribution in [0.15, 0.2) is 36.4 Å². The van der Waals surface area contributed by atoms with Crippen molar-refractivity contribution in [3.8, 4) is 17.2 Å². The normalized spacial score (nSPS) is 14.6. The molecule has 110 valence electrons. The Hall–Kier alpha value is -2.27. The Morgan fingerprint density at radius 1 is 1.05 bits per heavy atom. The Labute approximate surface area is 122 Å². The zero-order chi connectivity index (χ0) is 14.8. The number of hydrogen-bond donors (Lipinski definition) is 1. The second-order valence-corrected chi connectivity index (χ2v) is 4.77. The van der Waals surface area contributed by atoms with Crippen LogP contribution in [-0.4, -0.2) is 20.3 Å². The van der Waals surface area contributed by atoms with Crippen molar-refractivity contribution in [3.63, 3.8) is 0 Å². The standard InChI is InChI=1S/C16H16FNO3/c1-19-13-4-2-10(8-12(13)17)16(18)11-3-5-14-15(9-11)21-7-6-20-14/h2-5,8-9,16H,6-7,18H2,1H3. The number of methoxy groups -OCH3 is 1. The van der Waals surface area contributed by atoms with E-state index in [2.05, 4.69) is 0 Å². The molecule has 0 fully saturated rings. The van der Waals surface area contributed by atoms with Gasteiger partial charge in [-0.05, 0) is 35.4 Å². The molecule has 0 spiro atoms. The van der Waals surface area contributed by atoms with Crippen LogP contribution in [0.4, 0.5) is 4.39 Å². The zero-order valence-electron chi connectivity index (χ0n) is 11.6. The number of rotatable bonds is 3. The van der Waals surface area contributed by atoms with E-state index >= 15 is 0 Å². The predicted octanol–water partition coefficient (Wildman–Crippen LogP) is 2.65.